The molecule has 3 heterocycles. The number of rotatable bonds is 7. The number of hydrogen-bond donors (Lipinski definition) is 3. The molecule has 0 fully saturated rings. The van der Waals surface area contributed by atoms with Crippen molar-refractivity contribution in [2.75, 3.05) is 16.3 Å². The van der Waals surface area contributed by atoms with Gasteiger partial charge < -0.3 is 15.4 Å². The van der Waals surface area contributed by atoms with Crippen molar-refractivity contribution in [3.8, 4) is 0 Å². The number of alkyl halides is 3. The Kier molecular flexibility index (Phi) is 7.71. The van der Waals surface area contributed by atoms with Crippen molar-refractivity contribution in [1.82, 2.24) is 25.3 Å². The molecule has 1 atom stereocenters. The van der Waals surface area contributed by atoms with Crippen molar-refractivity contribution in [2.24, 2.45) is 0 Å². The topological polar surface area (TPSA) is 122 Å². The largest absolute Gasteiger partial charge is 0.418 e. The molecular formula is C18H15ClF3N7O2S2. The Hall–Kier alpha value is -2.97. The van der Waals surface area contributed by atoms with Crippen molar-refractivity contribution in [1.29, 1.82) is 0 Å². The Balaban J connectivity index is 1.67. The smallest absolute Gasteiger partial charge is 0.342 e. The molecule has 0 radical (unpaired) electrons. The van der Waals surface area contributed by atoms with Crippen LogP contribution in [0.2, 0.25) is 5.02 Å². The number of carbonyl (C=O) groups excluding carboxylic acids is 2. The van der Waals surface area contributed by atoms with Gasteiger partial charge in [-0.2, -0.15) is 13.2 Å². The van der Waals surface area contributed by atoms with Gasteiger partial charge >= 0.3 is 6.18 Å². The predicted octanol–water partition coefficient (Wildman–Crippen LogP) is 4.43. The van der Waals surface area contributed by atoms with Gasteiger partial charge in [0, 0.05) is 18.5 Å². The Morgan fingerprint density at radius 2 is 1.85 bits per heavy atom. The molecule has 3 aromatic heterocycles. The first-order valence-electron chi connectivity index (χ1n) is 9.00. The Labute approximate surface area is 198 Å². The van der Waals surface area contributed by atoms with Crippen molar-refractivity contribution in [3.05, 3.63) is 57.0 Å². The van der Waals surface area contributed by atoms with Crippen LogP contribution in [0.3, 0.4) is 0 Å². The second-order valence-corrected chi connectivity index (χ2v) is 8.44. The van der Waals surface area contributed by atoms with E-state index in [-0.39, 0.29) is 16.4 Å². The van der Waals surface area contributed by atoms with Crippen LogP contribution >= 0.6 is 34.9 Å². The summed E-state index contributed by atoms with van der Waals surface area (Å²) in [6.45, 7) is 1.66. The normalized spacial score (nSPS) is 12.2. The van der Waals surface area contributed by atoms with Crippen LogP contribution < -0.4 is 15.4 Å². The number of aromatic nitrogens is 4. The third-order valence-electron chi connectivity index (χ3n) is 3.97. The summed E-state index contributed by atoms with van der Waals surface area (Å²) in [6, 6.07) is 1.56. The number of thiazole rings is 1. The van der Waals surface area contributed by atoms with E-state index in [0.29, 0.717) is 16.9 Å². The molecule has 1 unspecified atom stereocenters. The van der Waals surface area contributed by atoms with Crippen molar-refractivity contribution in [3.63, 3.8) is 0 Å². The summed E-state index contributed by atoms with van der Waals surface area (Å²) < 4.78 is 41.9. The third-order valence-corrected chi connectivity index (χ3v) is 5.87. The molecule has 0 aliphatic heterocycles. The van der Waals surface area contributed by atoms with Crippen molar-refractivity contribution in [2.45, 2.75) is 19.1 Å². The molecule has 15 heteroatoms. The first-order chi connectivity index (χ1) is 15.6. The Bertz CT molecular complexity index is 1180. The van der Waals surface area contributed by atoms with E-state index in [0.717, 1.165) is 17.5 Å². The summed E-state index contributed by atoms with van der Waals surface area (Å²) in [6.07, 6.45) is 0.421. The van der Waals surface area contributed by atoms with Gasteiger partial charge in [0.1, 0.15) is 33.5 Å². The molecule has 9 nitrogen and oxygen atoms in total. The maximum absolute atomic E-state index is 13.0. The van der Waals surface area contributed by atoms with E-state index in [4.69, 9.17) is 11.6 Å². The first kappa shape index (κ1) is 24.7. The van der Waals surface area contributed by atoms with Gasteiger partial charge in [0.2, 0.25) is 0 Å². The minimum absolute atomic E-state index is 0.116. The molecule has 0 aliphatic carbocycles. The summed E-state index contributed by atoms with van der Waals surface area (Å²) >= 11 is 7.81. The van der Waals surface area contributed by atoms with E-state index in [9.17, 15) is 22.8 Å². The van der Waals surface area contributed by atoms with Gasteiger partial charge in [0.15, 0.2) is 0 Å². The molecule has 174 valence electrons. The van der Waals surface area contributed by atoms with Crippen LogP contribution in [-0.2, 0) is 6.18 Å². The molecule has 0 bridgehead atoms. The van der Waals surface area contributed by atoms with Gasteiger partial charge in [0.25, 0.3) is 11.8 Å². The Morgan fingerprint density at radius 3 is 2.55 bits per heavy atom. The average molecular weight is 518 g/mol. The predicted molar refractivity (Wildman–Crippen MR) is 119 cm³/mol. The highest BCUT2D eigenvalue weighted by Gasteiger charge is 2.34. The molecule has 0 saturated carbocycles. The summed E-state index contributed by atoms with van der Waals surface area (Å²) in [5.41, 5.74) is -0.978. The first-order valence-corrected chi connectivity index (χ1v) is 11.4. The van der Waals surface area contributed by atoms with Crippen LogP contribution in [-0.4, -0.2) is 38.0 Å². The van der Waals surface area contributed by atoms with Gasteiger partial charge in [-0.05, 0) is 13.0 Å². The van der Waals surface area contributed by atoms with Crippen LogP contribution in [0, 0.1) is 0 Å². The molecule has 0 aromatic carbocycles. The molecule has 2 amide bonds. The second-order valence-electron chi connectivity index (χ2n) is 6.35. The zero-order chi connectivity index (χ0) is 24.2. The maximum Gasteiger partial charge on any atom is 0.418 e. The monoisotopic (exact) mass is 517 g/mol. The molecule has 3 rings (SSSR count). The lowest BCUT2D eigenvalue weighted by Gasteiger charge is -2.11. The minimum atomic E-state index is -4.69. The lowest BCUT2D eigenvalue weighted by atomic mass is 10.2. The number of hydrogen-bond acceptors (Lipinski definition) is 9. The van der Waals surface area contributed by atoms with Crippen LogP contribution in [0.4, 0.5) is 24.8 Å². The summed E-state index contributed by atoms with van der Waals surface area (Å²) in [4.78, 5) is 40.7. The van der Waals surface area contributed by atoms with Crippen LogP contribution in [0.1, 0.15) is 43.7 Å². The summed E-state index contributed by atoms with van der Waals surface area (Å²) in [5, 5.41) is 4.83. The zero-order valence-corrected chi connectivity index (χ0v) is 19.3. The molecule has 0 spiro atoms. The van der Waals surface area contributed by atoms with E-state index < -0.39 is 34.6 Å². The molecule has 33 heavy (non-hydrogen) atoms. The maximum atomic E-state index is 13.0. The van der Waals surface area contributed by atoms with Crippen LogP contribution in [0.5, 0.6) is 0 Å². The van der Waals surface area contributed by atoms with E-state index >= 15 is 0 Å². The fourth-order valence-corrected chi connectivity index (χ4v) is 3.82. The van der Waals surface area contributed by atoms with Crippen molar-refractivity contribution >= 4 is 58.3 Å². The fraction of sp³-hybridized carbons (Fsp3) is 0.222. The highest BCUT2D eigenvalue weighted by atomic mass is 35.5. The molecule has 0 aliphatic rings. The van der Waals surface area contributed by atoms with Gasteiger partial charge in [-0.15, -0.1) is 11.3 Å². The number of pyridine rings is 1. The zero-order valence-electron chi connectivity index (χ0n) is 16.9. The number of nitrogens with zero attached hydrogens (tertiary/aromatic N) is 4. The number of nitrogens with one attached hydrogen (secondary N) is 3. The van der Waals surface area contributed by atoms with E-state index in [2.05, 4.69) is 35.3 Å². The average Bonchev–Trinajstić information content (AvgIpc) is 3.25. The van der Waals surface area contributed by atoms with Gasteiger partial charge in [-0.25, -0.2) is 19.9 Å². The third kappa shape index (κ3) is 6.30. The summed E-state index contributed by atoms with van der Waals surface area (Å²) in [7, 11) is 0. The highest BCUT2D eigenvalue weighted by molar-refractivity contribution is 7.99. The van der Waals surface area contributed by atoms with E-state index in [1.165, 1.54) is 30.5 Å². The van der Waals surface area contributed by atoms with Crippen molar-refractivity contribution < 1.29 is 22.8 Å². The molecule has 0 saturated heterocycles. The molecular weight excluding hydrogens is 503 g/mol. The lowest BCUT2D eigenvalue weighted by Crippen LogP contribution is -2.27. The quantitative estimate of drug-likeness (QED) is 0.393. The molecule has 3 aromatic rings. The number of anilines is 2. The van der Waals surface area contributed by atoms with E-state index in [1.54, 1.807) is 13.2 Å². The SMILES string of the molecule is CSNc1cc(C(=O)NC(C)c2ncc(C(=O)Nc3cc(C(F)(F)F)c(Cl)cn3)s2)ncn1. The fourth-order valence-electron chi connectivity index (χ4n) is 2.47. The summed E-state index contributed by atoms with van der Waals surface area (Å²) in [5.74, 6) is -1.02. The van der Waals surface area contributed by atoms with Crippen LogP contribution in [0.15, 0.2) is 30.9 Å². The lowest BCUT2D eigenvalue weighted by molar-refractivity contribution is -0.137. The van der Waals surface area contributed by atoms with Gasteiger partial charge in [-0.3, -0.25) is 9.59 Å². The Morgan fingerprint density at radius 1 is 1.09 bits per heavy atom. The molecule has 3 N–H and O–H groups in total. The minimum Gasteiger partial charge on any atom is -0.342 e. The number of halogens is 4. The van der Waals surface area contributed by atoms with Gasteiger partial charge in [-0.1, -0.05) is 23.5 Å². The van der Waals surface area contributed by atoms with Gasteiger partial charge in [0.05, 0.1) is 22.8 Å². The number of carbonyl (C=O) groups is 2. The van der Waals surface area contributed by atoms with Crippen LogP contribution in [0.25, 0.3) is 0 Å². The number of amides is 2. The highest BCUT2D eigenvalue weighted by Crippen LogP contribution is 2.35. The second kappa shape index (κ2) is 10.3. The standard InChI is InChI=1S/C18H15ClF3N7O2S2/c1-8(27-15(30)11-4-14(29-32-2)26-7-25-11)17-24-6-12(33-17)16(31)28-13-3-9(18(20,21)22)10(19)5-23-13/h3-8H,1-2H3,(H,27,30)(H,23,28,31)(H,25,26,29). The van der Waals surface area contributed by atoms with E-state index in [1.807, 2.05) is 0 Å².